The molecule has 0 aromatic heterocycles. The Kier molecular flexibility index (Phi) is 7.65. The first kappa shape index (κ1) is 20.1. The monoisotopic (exact) mass is 359 g/mol. The van der Waals surface area contributed by atoms with Crippen molar-refractivity contribution in [3.8, 4) is 0 Å². The van der Waals surface area contributed by atoms with Gasteiger partial charge in [-0.2, -0.15) is 0 Å². The number of rotatable bonds is 2. The van der Waals surface area contributed by atoms with Gasteiger partial charge in [-0.05, 0) is 38.3 Å². The van der Waals surface area contributed by atoms with E-state index in [4.69, 9.17) is 5.73 Å². The van der Waals surface area contributed by atoms with Gasteiger partial charge in [-0.1, -0.05) is 18.6 Å². The van der Waals surface area contributed by atoms with Crippen LogP contribution in [0.25, 0.3) is 0 Å². The molecule has 1 aromatic carbocycles. The van der Waals surface area contributed by atoms with Crippen LogP contribution >= 0.6 is 24.8 Å². The van der Waals surface area contributed by atoms with Gasteiger partial charge in [0, 0.05) is 31.6 Å². The minimum atomic E-state index is 0. The molecule has 0 spiro atoms. The Morgan fingerprint density at radius 1 is 1.17 bits per heavy atom. The second kappa shape index (κ2) is 8.76. The van der Waals surface area contributed by atoms with Gasteiger partial charge >= 0.3 is 0 Å². The van der Waals surface area contributed by atoms with E-state index in [1.165, 1.54) is 5.69 Å². The summed E-state index contributed by atoms with van der Waals surface area (Å²) in [5.41, 5.74) is 8.30. The lowest BCUT2D eigenvalue weighted by Crippen LogP contribution is -2.47. The summed E-state index contributed by atoms with van der Waals surface area (Å²) in [4.78, 5) is 17.2. The molecule has 1 amide bonds. The fourth-order valence-electron chi connectivity index (χ4n) is 3.65. The maximum atomic E-state index is 12.9. The zero-order chi connectivity index (χ0) is 14.8. The van der Waals surface area contributed by atoms with E-state index < -0.39 is 0 Å². The molecule has 23 heavy (non-hydrogen) atoms. The van der Waals surface area contributed by atoms with Crippen LogP contribution in [0.1, 0.15) is 32.6 Å². The van der Waals surface area contributed by atoms with Gasteiger partial charge < -0.3 is 15.5 Å². The van der Waals surface area contributed by atoms with Crippen molar-refractivity contribution < 1.29 is 4.79 Å². The van der Waals surface area contributed by atoms with Crippen LogP contribution in [0.2, 0.25) is 0 Å². The Balaban J connectivity index is 0.00000132. The molecule has 1 aromatic rings. The van der Waals surface area contributed by atoms with Crippen LogP contribution in [0, 0.1) is 5.92 Å². The van der Waals surface area contributed by atoms with Gasteiger partial charge in [0.2, 0.25) is 5.91 Å². The number of hydrogen-bond donors (Lipinski definition) is 1. The SMILES string of the molecule is CCN1CCN(C(=O)C2CCCC(N)C2)c2ccccc21.Cl.Cl. The molecule has 2 N–H and O–H groups in total. The van der Waals surface area contributed by atoms with Gasteiger partial charge in [0.15, 0.2) is 0 Å². The highest BCUT2D eigenvalue weighted by molar-refractivity contribution is 5.99. The molecule has 0 radical (unpaired) electrons. The van der Waals surface area contributed by atoms with Crippen molar-refractivity contribution in [2.24, 2.45) is 11.7 Å². The van der Waals surface area contributed by atoms with Crippen LogP contribution < -0.4 is 15.5 Å². The summed E-state index contributed by atoms with van der Waals surface area (Å²) in [6.07, 6.45) is 3.97. The van der Waals surface area contributed by atoms with Crippen LogP contribution in [0.15, 0.2) is 24.3 Å². The largest absolute Gasteiger partial charge is 0.368 e. The average Bonchev–Trinajstić information content (AvgIpc) is 2.53. The van der Waals surface area contributed by atoms with Crippen LogP contribution in [-0.4, -0.2) is 31.6 Å². The number of para-hydroxylation sites is 2. The van der Waals surface area contributed by atoms with Gasteiger partial charge in [0.05, 0.1) is 11.4 Å². The second-order valence-electron chi connectivity index (χ2n) is 6.18. The Hall–Kier alpha value is -0.970. The van der Waals surface area contributed by atoms with Crippen LogP contribution in [-0.2, 0) is 4.79 Å². The minimum absolute atomic E-state index is 0. The molecular formula is C17H27Cl2N3O. The van der Waals surface area contributed by atoms with Gasteiger partial charge in [-0.3, -0.25) is 4.79 Å². The number of benzene rings is 1. The first-order chi connectivity index (χ1) is 10.2. The lowest BCUT2D eigenvalue weighted by molar-refractivity contribution is -0.123. The zero-order valence-electron chi connectivity index (χ0n) is 13.6. The summed E-state index contributed by atoms with van der Waals surface area (Å²) in [5.74, 6) is 0.378. The number of amides is 1. The summed E-state index contributed by atoms with van der Waals surface area (Å²) < 4.78 is 0. The number of halogens is 2. The third-order valence-corrected chi connectivity index (χ3v) is 4.82. The number of carbonyl (C=O) groups is 1. The molecule has 6 heteroatoms. The third-order valence-electron chi connectivity index (χ3n) is 4.82. The summed E-state index contributed by atoms with van der Waals surface area (Å²) in [6.45, 7) is 4.84. The number of nitrogens with zero attached hydrogens (tertiary/aromatic N) is 2. The molecule has 1 aliphatic heterocycles. The first-order valence-corrected chi connectivity index (χ1v) is 8.11. The molecule has 0 bridgehead atoms. The van der Waals surface area contributed by atoms with E-state index in [-0.39, 0.29) is 42.7 Å². The Labute approximate surface area is 151 Å². The predicted molar refractivity (Wildman–Crippen MR) is 101 cm³/mol. The normalized spacial score (nSPS) is 23.4. The molecule has 1 aliphatic carbocycles. The van der Waals surface area contributed by atoms with Crippen molar-refractivity contribution in [3.63, 3.8) is 0 Å². The van der Waals surface area contributed by atoms with Crippen molar-refractivity contribution >= 4 is 42.1 Å². The van der Waals surface area contributed by atoms with E-state index in [0.29, 0.717) is 0 Å². The number of anilines is 2. The van der Waals surface area contributed by atoms with Crippen LogP contribution in [0.4, 0.5) is 11.4 Å². The highest BCUT2D eigenvalue weighted by atomic mass is 35.5. The van der Waals surface area contributed by atoms with Crippen molar-refractivity contribution in [2.45, 2.75) is 38.6 Å². The van der Waals surface area contributed by atoms with Gasteiger partial charge in [0.1, 0.15) is 0 Å². The van der Waals surface area contributed by atoms with Crippen molar-refractivity contribution in [1.29, 1.82) is 0 Å². The van der Waals surface area contributed by atoms with E-state index in [1.54, 1.807) is 0 Å². The van der Waals surface area contributed by atoms with Crippen molar-refractivity contribution in [3.05, 3.63) is 24.3 Å². The topological polar surface area (TPSA) is 49.6 Å². The maximum Gasteiger partial charge on any atom is 0.230 e. The highest BCUT2D eigenvalue weighted by Crippen LogP contribution is 2.35. The molecule has 4 nitrogen and oxygen atoms in total. The quantitative estimate of drug-likeness (QED) is 0.881. The predicted octanol–water partition coefficient (Wildman–Crippen LogP) is 3.22. The summed E-state index contributed by atoms with van der Waals surface area (Å²) in [7, 11) is 0. The highest BCUT2D eigenvalue weighted by Gasteiger charge is 2.32. The fraction of sp³-hybridized carbons (Fsp3) is 0.588. The first-order valence-electron chi connectivity index (χ1n) is 8.11. The van der Waals surface area contributed by atoms with Crippen molar-refractivity contribution in [1.82, 2.24) is 0 Å². The average molecular weight is 360 g/mol. The molecule has 2 aliphatic rings. The summed E-state index contributed by atoms with van der Waals surface area (Å²) >= 11 is 0. The van der Waals surface area contributed by atoms with Gasteiger partial charge in [-0.25, -0.2) is 0 Å². The molecule has 0 saturated heterocycles. The minimum Gasteiger partial charge on any atom is -0.368 e. The van der Waals surface area contributed by atoms with E-state index in [2.05, 4.69) is 24.0 Å². The molecule has 1 heterocycles. The van der Waals surface area contributed by atoms with Crippen LogP contribution in [0.5, 0.6) is 0 Å². The molecular weight excluding hydrogens is 333 g/mol. The lowest BCUT2D eigenvalue weighted by Gasteiger charge is -2.39. The fourth-order valence-corrected chi connectivity index (χ4v) is 3.65. The Morgan fingerprint density at radius 3 is 2.52 bits per heavy atom. The number of likely N-dealkylation sites (N-methyl/N-ethyl adjacent to an activating group) is 1. The summed E-state index contributed by atoms with van der Waals surface area (Å²) in [5, 5.41) is 0. The van der Waals surface area contributed by atoms with Gasteiger partial charge in [-0.15, -0.1) is 24.8 Å². The van der Waals surface area contributed by atoms with Crippen LogP contribution in [0.3, 0.4) is 0 Å². The number of nitrogens with two attached hydrogens (primary N) is 1. The van der Waals surface area contributed by atoms with E-state index >= 15 is 0 Å². The van der Waals surface area contributed by atoms with E-state index in [0.717, 1.165) is 51.0 Å². The second-order valence-corrected chi connectivity index (χ2v) is 6.18. The maximum absolute atomic E-state index is 12.9. The number of carbonyl (C=O) groups excluding carboxylic acids is 1. The Morgan fingerprint density at radius 2 is 1.87 bits per heavy atom. The molecule has 1 fully saturated rings. The Bertz CT molecular complexity index is 526. The van der Waals surface area contributed by atoms with E-state index in [9.17, 15) is 4.79 Å². The molecule has 2 atom stereocenters. The van der Waals surface area contributed by atoms with Gasteiger partial charge in [0.25, 0.3) is 0 Å². The third kappa shape index (κ3) is 4.11. The lowest BCUT2D eigenvalue weighted by atomic mass is 9.85. The van der Waals surface area contributed by atoms with Crippen molar-refractivity contribution in [2.75, 3.05) is 29.4 Å². The molecule has 130 valence electrons. The zero-order valence-corrected chi connectivity index (χ0v) is 15.2. The molecule has 1 saturated carbocycles. The standard InChI is InChI=1S/C17H25N3O.2ClH/c1-2-19-10-11-20(16-9-4-3-8-15(16)19)17(21)13-6-5-7-14(18)12-13;;/h3-4,8-9,13-14H,2,5-7,10-12,18H2,1H3;2*1H. The number of fused-ring (bicyclic) bond motifs is 1. The summed E-state index contributed by atoms with van der Waals surface area (Å²) in [6, 6.07) is 8.44. The smallest absolute Gasteiger partial charge is 0.230 e. The molecule has 3 rings (SSSR count). The number of hydrogen-bond acceptors (Lipinski definition) is 3. The van der Waals surface area contributed by atoms with E-state index in [1.807, 2.05) is 17.0 Å². The molecule has 2 unspecified atom stereocenters.